The molecule has 3 aromatic carbocycles. The standard InChI is InChI=1S/C42H49N3O/c1-39(2,3)27-18-25(19-28(22-27)40(4,5)6)35-36(26-20-29(41(7,8)9)23-30(21-26)42(10,11)12)45-37-33(14-13-17-43-37)32-16-15-31(46)24-34(32)38(45)44-35/h13-24,46H,1-12H3. The fraction of sp³-hybridized carbons (Fsp3) is 0.381. The number of aromatic hydroxyl groups is 1. The van der Waals surface area contributed by atoms with E-state index >= 15 is 0 Å². The van der Waals surface area contributed by atoms with Gasteiger partial charge in [-0.25, -0.2) is 9.97 Å². The molecule has 0 saturated heterocycles. The maximum Gasteiger partial charge on any atom is 0.147 e. The highest BCUT2D eigenvalue weighted by molar-refractivity contribution is 6.12. The average Bonchev–Trinajstić information content (AvgIpc) is 3.36. The molecule has 1 N–H and O–H groups in total. The monoisotopic (exact) mass is 611 g/mol. The highest BCUT2D eigenvalue weighted by Crippen LogP contribution is 2.43. The number of rotatable bonds is 2. The zero-order valence-corrected chi connectivity index (χ0v) is 29.7. The fourth-order valence-corrected chi connectivity index (χ4v) is 6.27. The summed E-state index contributed by atoms with van der Waals surface area (Å²) in [5, 5.41) is 13.7. The molecule has 0 unspecified atom stereocenters. The molecular formula is C42H49N3O. The van der Waals surface area contributed by atoms with Crippen molar-refractivity contribution < 1.29 is 5.11 Å². The third kappa shape index (κ3) is 5.57. The smallest absolute Gasteiger partial charge is 0.147 e. The molecule has 0 aliphatic rings. The molecule has 6 rings (SSSR count). The molecule has 46 heavy (non-hydrogen) atoms. The molecule has 0 bridgehead atoms. The first-order valence-corrected chi connectivity index (χ1v) is 16.5. The van der Waals surface area contributed by atoms with Gasteiger partial charge in [0.2, 0.25) is 0 Å². The number of phenols is 1. The lowest BCUT2D eigenvalue weighted by Gasteiger charge is -2.27. The van der Waals surface area contributed by atoms with Crippen molar-refractivity contribution in [3.05, 3.63) is 95.2 Å². The third-order valence-electron chi connectivity index (χ3n) is 9.29. The Bertz CT molecular complexity index is 2070. The van der Waals surface area contributed by atoms with Gasteiger partial charge in [0, 0.05) is 28.1 Å². The summed E-state index contributed by atoms with van der Waals surface area (Å²) in [6.07, 6.45) is 1.86. The van der Waals surface area contributed by atoms with Gasteiger partial charge in [-0.1, -0.05) is 95.2 Å². The van der Waals surface area contributed by atoms with Gasteiger partial charge < -0.3 is 5.11 Å². The van der Waals surface area contributed by atoms with Crippen molar-refractivity contribution in [2.75, 3.05) is 0 Å². The number of hydrogen-bond donors (Lipinski definition) is 1. The maximum absolute atomic E-state index is 10.7. The predicted molar refractivity (Wildman–Crippen MR) is 195 cm³/mol. The van der Waals surface area contributed by atoms with Crippen LogP contribution < -0.4 is 0 Å². The molecule has 4 nitrogen and oxygen atoms in total. The van der Waals surface area contributed by atoms with Gasteiger partial charge in [0.15, 0.2) is 0 Å². The fourth-order valence-electron chi connectivity index (χ4n) is 6.27. The zero-order chi connectivity index (χ0) is 33.6. The average molecular weight is 612 g/mol. The molecule has 238 valence electrons. The molecule has 0 fully saturated rings. The van der Waals surface area contributed by atoms with Crippen LogP contribution in [0.2, 0.25) is 0 Å². The quantitative estimate of drug-likeness (QED) is 0.198. The molecule has 0 saturated carbocycles. The summed E-state index contributed by atoms with van der Waals surface area (Å²) in [5.74, 6) is 0.221. The normalized spacial score (nSPS) is 13.3. The second kappa shape index (κ2) is 10.4. The second-order valence-corrected chi connectivity index (χ2v) is 17.2. The van der Waals surface area contributed by atoms with E-state index in [1.165, 1.54) is 22.3 Å². The van der Waals surface area contributed by atoms with Gasteiger partial charge in [0.1, 0.15) is 17.0 Å². The molecule has 0 atom stereocenters. The van der Waals surface area contributed by atoms with Crippen LogP contribution >= 0.6 is 0 Å². The van der Waals surface area contributed by atoms with Crippen molar-refractivity contribution in [1.82, 2.24) is 14.4 Å². The highest BCUT2D eigenvalue weighted by atomic mass is 16.3. The Morgan fingerprint density at radius 2 is 1.02 bits per heavy atom. The van der Waals surface area contributed by atoms with Gasteiger partial charge in [-0.15, -0.1) is 0 Å². The largest absolute Gasteiger partial charge is 0.508 e. The molecule has 0 spiro atoms. The molecule has 0 aliphatic heterocycles. The van der Waals surface area contributed by atoms with Crippen molar-refractivity contribution in [3.8, 4) is 28.3 Å². The molecular weight excluding hydrogens is 562 g/mol. The lowest BCUT2D eigenvalue weighted by Crippen LogP contribution is -2.17. The molecule has 0 radical (unpaired) electrons. The van der Waals surface area contributed by atoms with Gasteiger partial charge in [0.25, 0.3) is 0 Å². The van der Waals surface area contributed by atoms with Crippen LogP contribution in [0.15, 0.2) is 72.9 Å². The van der Waals surface area contributed by atoms with Crippen LogP contribution in [0.3, 0.4) is 0 Å². The van der Waals surface area contributed by atoms with Crippen LogP contribution in [-0.4, -0.2) is 19.5 Å². The minimum atomic E-state index is -0.0545. The summed E-state index contributed by atoms with van der Waals surface area (Å²) in [4.78, 5) is 10.5. The molecule has 0 amide bonds. The van der Waals surface area contributed by atoms with E-state index in [9.17, 15) is 5.11 Å². The van der Waals surface area contributed by atoms with Crippen molar-refractivity contribution in [2.24, 2.45) is 0 Å². The summed E-state index contributed by atoms with van der Waals surface area (Å²) in [7, 11) is 0. The predicted octanol–water partition coefficient (Wildman–Crippen LogP) is 11.3. The summed E-state index contributed by atoms with van der Waals surface area (Å²) < 4.78 is 2.24. The number of pyridine rings is 2. The van der Waals surface area contributed by atoms with Crippen molar-refractivity contribution in [3.63, 3.8) is 0 Å². The molecule has 0 aliphatic carbocycles. The molecule has 6 aromatic rings. The van der Waals surface area contributed by atoms with E-state index in [0.717, 1.165) is 50.0 Å². The van der Waals surface area contributed by atoms with E-state index in [-0.39, 0.29) is 27.4 Å². The van der Waals surface area contributed by atoms with E-state index < -0.39 is 0 Å². The van der Waals surface area contributed by atoms with Crippen LogP contribution in [0.5, 0.6) is 5.75 Å². The first-order chi connectivity index (χ1) is 21.2. The Kier molecular flexibility index (Phi) is 7.20. The maximum atomic E-state index is 10.7. The molecule has 3 aromatic heterocycles. The number of imidazole rings is 1. The minimum absolute atomic E-state index is 0.0480. The van der Waals surface area contributed by atoms with Gasteiger partial charge >= 0.3 is 0 Å². The molecule has 3 heterocycles. The lowest BCUT2D eigenvalue weighted by atomic mass is 9.78. The van der Waals surface area contributed by atoms with Gasteiger partial charge in [0.05, 0.1) is 11.4 Å². The van der Waals surface area contributed by atoms with E-state index in [4.69, 9.17) is 9.97 Å². The number of fused-ring (bicyclic) bond motifs is 6. The minimum Gasteiger partial charge on any atom is -0.508 e. The SMILES string of the molecule is CC(C)(C)c1cc(-c2nc3c4cc(O)ccc4c4cccnc4n3c2-c2cc(C(C)(C)C)cc(C(C)(C)C)c2)cc(C(C)(C)C)c1. The summed E-state index contributed by atoms with van der Waals surface area (Å²) in [6.45, 7) is 27.4. The Morgan fingerprint density at radius 1 is 0.522 bits per heavy atom. The van der Waals surface area contributed by atoms with Crippen molar-refractivity contribution >= 4 is 27.5 Å². The van der Waals surface area contributed by atoms with Crippen LogP contribution in [0.25, 0.3) is 50.0 Å². The van der Waals surface area contributed by atoms with E-state index in [1.54, 1.807) is 6.07 Å². The Labute approximate surface area is 274 Å². The van der Waals surface area contributed by atoms with E-state index in [0.29, 0.717) is 0 Å². The second-order valence-electron chi connectivity index (χ2n) is 17.2. The van der Waals surface area contributed by atoms with Crippen LogP contribution in [0, 0.1) is 0 Å². The van der Waals surface area contributed by atoms with Crippen LogP contribution in [-0.2, 0) is 21.7 Å². The number of nitrogens with zero attached hydrogens (tertiary/aromatic N) is 3. The number of benzene rings is 3. The van der Waals surface area contributed by atoms with Gasteiger partial charge in [-0.2, -0.15) is 0 Å². The third-order valence-corrected chi connectivity index (χ3v) is 9.29. The first kappa shape index (κ1) is 31.8. The lowest BCUT2D eigenvalue weighted by molar-refractivity contribution is 0.476. The van der Waals surface area contributed by atoms with E-state index in [1.807, 2.05) is 24.4 Å². The summed E-state index contributed by atoms with van der Waals surface area (Å²) in [6, 6.07) is 23.8. The topological polar surface area (TPSA) is 50.4 Å². The van der Waals surface area contributed by atoms with Crippen LogP contribution in [0.1, 0.15) is 105 Å². The summed E-state index contributed by atoms with van der Waals surface area (Å²) >= 11 is 0. The Morgan fingerprint density at radius 3 is 1.52 bits per heavy atom. The Balaban J connectivity index is 1.87. The number of hydrogen-bond acceptors (Lipinski definition) is 3. The van der Waals surface area contributed by atoms with E-state index in [2.05, 4.69) is 130 Å². The van der Waals surface area contributed by atoms with Crippen molar-refractivity contribution in [1.29, 1.82) is 0 Å². The Hall–Kier alpha value is -4.18. The highest BCUT2D eigenvalue weighted by Gasteiger charge is 2.28. The summed E-state index contributed by atoms with van der Waals surface area (Å²) in [5.41, 5.74) is 10.7. The number of aromatic nitrogens is 3. The molecule has 4 heteroatoms. The number of phenolic OH excluding ortho intramolecular Hbond substituents is 1. The zero-order valence-electron chi connectivity index (χ0n) is 29.7. The van der Waals surface area contributed by atoms with Crippen LogP contribution in [0.4, 0.5) is 0 Å². The van der Waals surface area contributed by atoms with Gasteiger partial charge in [-0.05, 0) is 104 Å². The van der Waals surface area contributed by atoms with Gasteiger partial charge in [-0.3, -0.25) is 4.40 Å². The first-order valence-electron chi connectivity index (χ1n) is 16.5. The van der Waals surface area contributed by atoms with Crippen molar-refractivity contribution in [2.45, 2.75) is 105 Å².